The van der Waals surface area contributed by atoms with Gasteiger partial charge in [0.25, 0.3) is 11.5 Å². The van der Waals surface area contributed by atoms with Crippen molar-refractivity contribution in [1.29, 1.82) is 0 Å². The summed E-state index contributed by atoms with van der Waals surface area (Å²) in [6, 6.07) is 3.19. The number of nitrogens with one attached hydrogen (secondary N) is 2. The highest BCUT2D eigenvalue weighted by atomic mass is 16.5. The summed E-state index contributed by atoms with van der Waals surface area (Å²) in [6.07, 6.45) is 1.65. The molecule has 7 heteroatoms. The van der Waals surface area contributed by atoms with Gasteiger partial charge in [-0.05, 0) is 31.5 Å². The maximum Gasteiger partial charge on any atom is 0.261 e. The van der Waals surface area contributed by atoms with E-state index in [0.29, 0.717) is 5.56 Å². The molecule has 0 saturated heterocycles. The first-order valence-corrected chi connectivity index (χ1v) is 6.92. The fourth-order valence-electron chi connectivity index (χ4n) is 2.46. The van der Waals surface area contributed by atoms with Crippen LogP contribution in [0.25, 0.3) is 0 Å². The molecule has 1 amide bonds. The number of pyridine rings is 1. The average molecular weight is 304 g/mol. The van der Waals surface area contributed by atoms with Crippen LogP contribution in [0.5, 0.6) is 0 Å². The summed E-state index contributed by atoms with van der Waals surface area (Å²) in [5.41, 5.74) is 1.89. The number of H-pyrrole nitrogens is 1. The summed E-state index contributed by atoms with van der Waals surface area (Å²) in [5, 5.41) is 6.92. The second-order valence-corrected chi connectivity index (χ2v) is 5.20. The molecule has 0 fully saturated rings. The minimum Gasteiger partial charge on any atom is -0.382 e. The fraction of sp³-hybridized carbons (Fsp3) is 0.400. The van der Waals surface area contributed by atoms with Gasteiger partial charge in [0.2, 0.25) is 0 Å². The van der Waals surface area contributed by atoms with Crippen LogP contribution >= 0.6 is 0 Å². The number of aromatic amines is 1. The smallest absolute Gasteiger partial charge is 0.261 e. The molecule has 1 atom stereocenters. The topological polar surface area (TPSA) is 89.0 Å². The summed E-state index contributed by atoms with van der Waals surface area (Å²) in [4.78, 5) is 27.1. The Hall–Kier alpha value is -2.41. The van der Waals surface area contributed by atoms with Gasteiger partial charge in [0.1, 0.15) is 5.56 Å². The van der Waals surface area contributed by atoms with Gasteiger partial charge in [-0.2, -0.15) is 5.10 Å². The highest BCUT2D eigenvalue weighted by molar-refractivity contribution is 5.95. The summed E-state index contributed by atoms with van der Waals surface area (Å²) in [6.45, 7) is 3.81. The first-order valence-electron chi connectivity index (χ1n) is 6.92. The van der Waals surface area contributed by atoms with Crippen LogP contribution in [0.3, 0.4) is 0 Å². The van der Waals surface area contributed by atoms with E-state index < -0.39 is 11.5 Å². The van der Waals surface area contributed by atoms with Gasteiger partial charge in [0, 0.05) is 26.0 Å². The Morgan fingerprint density at radius 1 is 1.50 bits per heavy atom. The van der Waals surface area contributed by atoms with E-state index in [1.54, 1.807) is 51.0 Å². The third kappa shape index (κ3) is 3.25. The van der Waals surface area contributed by atoms with E-state index in [1.165, 1.54) is 0 Å². The minimum atomic E-state index is -0.429. The number of rotatable bonds is 5. The zero-order valence-corrected chi connectivity index (χ0v) is 13.1. The van der Waals surface area contributed by atoms with Crippen LogP contribution in [0.1, 0.15) is 33.4 Å². The van der Waals surface area contributed by atoms with Crippen molar-refractivity contribution >= 4 is 5.91 Å². The number of aryl methyl sites for hydroxylation is 3. The molecule has 0 bridgehead atoms. The van der Waals surface area contributed by atoms with Gasteiger partial charge < -0.3 is 15.0 Å². The van der Waals surface area contributed by atoms with Crippen molar-refractivity contribution < 1.29 is 9.53 Å². The van der Waals surface area contributed by atoms with Gasteiger partial charge in [-0.25, -0.2) is 0 Å². The SMILES string of the molecule is COC[C@@H](NC(=O)c1c(C)cc(C)[nH]c1=O)c1ccnn1C. The van der Waals surface area contributed by atoms with Gasteiger partial charge in [-0.3, -0.25) is 14.3 Å². The molecule has 0 radical (unpaired) electrons. The van der Waals surface area contributed by atoms with E-state index in [1.807, 2.05) is 0 Å². The maximum atomic E-state index is 12.5. The quantitative estimate of drug-likeness (QED) is 0.857. The number of carbonyl (C=O) groups excluding carboxylic acids is 1. The Kier molecular flexibility index (Phi) is 4.77. The van der Waals surface area contributed by atoms with Gasteiger partial charge in [0.15, 0.2) is 0 Å². The van der Waals surface area contributed by atoms with Gasteiger partial charge in [0.05, 0.1) is 18.3 Å². The largest absolute Gasteiger partial charge is 0.382 e. The number of hydrogen-bond acceptors (Lipinski definition) is 4. The number of amides is 1. The Bertz CT molecular complexity index is 733. The Balaban J connectivity index is 2.30. The van der Waals surface area contributed by atoms with Crippen molar-refractivity contribution in [2.45, 2.75) is 19.9 Å². The van der Waals surface area contributed by atoms with Crippen molar-refractivity contribution in [3.63, 3.8) is 0 Å². The van der Waals surface area contributed by atoms with E-state index in [4.69, 9.17) is 4.74 Å². The zero-order chi connectivity index (χ0) is 16.3. The van der Waals surface area contributed by atoms with E-state index in [0.717, 1.165) is 11.4 Å². The van der Waals surface area contributed by atoms with Crippen LogP contribution in [-0.4, -0.2) is 34.4 Å². The lowest BCUT2D eigenvalue weighted by Gasteiger charge is -2.18. The van der Waals surface area contributed by atoms with Crippen molar-refractivity contribution in [3.8, 4) is 0 Å². The number of aromatic nitrogens is 3. The molecule has 0 saturated carbocycles. The Morgan fingerprint density at radius 2 is 2.23 bits per heavy atom. The van der Waals surface area contributed by atoms with Crippen LogP contribution in [0, 0.1) is 13.8 Å². The fourth-order valence-corrected chi connectivity index (χ4v) is 2.46. The van der Waals surface area contributed by atoms with Gasteiger partial charge in [-0.15, -0.1) is 0 Å². The first kappa shape index (κ1) is 16.0. The van der Waals surface area contributed by atoms with Crippen LogP contribution < -0.4 is 10.9 Å². The van der Waals surface area contributed by atoms with E-state index in [-0.39, 0.29) is 18.2 Å². The lowest BCUT2D eigenvalue weighted by molar-refractivity contribution is 0.0890. The third-order valence-electron chi connectivity index (χ3n) is 3.45. The lowest BCUT2D eigenvalue weighted by Crippen LogP contribution is -2.36. The number of methoxy groups -OCH3 is 1. The zero-order valence-electron chi connectivity index (χ0n) is 13.1. The Morgan fingerprint density at radius 3 is 2.77 bits per heavy atom. The van der Waals surface area contributed by atoms with Crippen molar-refractivity contribution in [2.75, 3.05) is 13.7 Å². The average Bonchev–Trinajstić information content (AvgIpc) is 2.83. The number of hydrogen-bond donors (Lipinski definition) is 2. The van der Waals surface area contributed by atoms with E-state index in [9.17, 15) is 9.59 Å². The highest BCUT2D eigenvalue weighted by Crippen LogP contribution is 2.13. The van der Waals surface area contributed by atoms with Gasteiger partial charge in [-0.1, -0.05) is 0 Å². The molecule has 0 spiro atoms. The lowest BCUT2D eigenvalue weighted by atomic mass is 10.1. The minimum absolute atomic E-state index is 0.119. The van der Waals surface area contributed by atoms with Crippen molar-refractivity contribution in [1.82, 2.24) is 20.1 Å². The van der Waals surface area contributed by atoms with E-state index >= 15 is 0 Å². The first-order chi connectivity index (χ1) is 10.4. The molecule has 0 aliphatic heterocycles. The van der Waals surface area contributed by atoms with Crippen LogP contribution in [0.2, 0.25) is 0 Å². The van der Waals surface area contributed by atoms with Crippen LogP contribution in [0.15, 0.2) is 23.1 Å². The monoisotopic (exact) mass is 304 g/mol. The van der Waals surface area contributed by atoms with Crippen molar-refractivity contribution in [2.24, 2.45) is 7.05 Å². The standard InChI is InChI=1S/C15H20N4O3/c1-9-7-10(2)17-14(20)13(9)15(21)18-11(8-22-4)12-5-6-16-19(12)3/h5-7,11H,8H2,1-4H3,(H,17,20)(H,18,21)/t11-/m1/s1. The van der Waals surface area contributed by atoms with E-state index in [2.05, 4.69) is 15.4 Å². The third-order valence-corrected chi connectivity index (χ3v) is 3.45. The normalized spacial score (nSPS) is 12.2. The molecule has 2 heterocycles. The highest BCUT2D eigenvalue weighted by Gasteiger charge is 2.21. The molecule has 0 aliphatic carbocycles. The molecular weight excluding hydrogens is 284 g/mol. The van der Waals surface area contributed by atoms with Crippen LogP contribution in [0.4, 0.5) is 0 Å². The molecule has 2 rings (SSSR count). The molecule has 118 valence electrons. The number of carbonyl (C=O) groups is 1. The van der Waals surface area contributed by atoms with Gasteiger partial charge >= 0.3 is 0 Å². The molecule has 7 nitrogen and oxygen atoms in total. The summed E-state index contributed by atoms with van der Waals surface area (Å²) >= 11 is 0. The molecule has 0 aromatic carbocycles. The molecule has 22 heavy (non-hydrogen) atoms. The molecule has 2 aromatic rings. The molecule has 2 N–H and O–H groups in total. The predicted molar refractivity (Wildman–Crippen MR) is 81.8 cm³/mol. The second kappa shape index (κ2) is 6.57. The molecule has 0 unspecified atom stereocenters. The van der Waals surface area contributed by atoms with Crippen LogP contribution in [-0.2, 0) is 11.8 Å². The molecule has 2 aromatic heterocycles. The Labute approximate surface area is 128 Å². The second-order valence-electron chi connectivity index (χ2n) is 5.20. The van der Waals surface area contributed by atoms with Crippen molar-refractivity contribution in [3.05, 3.63) is 51.2 Å². The maximum absolute atomic E-state index is 12.5. The summed E-state index contributed by atoms with van der Waals surface area (Å²) < 4.78 is 6.82. The summed E-state index contributed by atoms with van der Waals surface area (Å²) in [5.74, 6) is -0.429. The predicted octanol–water partition coefficient (Wildman–Crippen LogP) is 0.843. The molecular formula is C15H20N4O3. The number of ether oxygens (including phenoxy) is 1. The number of nitrogens with zero attached hydrogens (tertiary/aromatic N) is 2. The molecule has 0 aliphatic rings. The summed E-state index contributed by atoms with van der Waals surface area (Å²) in [7, 11) is 3.34.